The van der Waals surface area contributed by atoms with Gasteiger partial charge in [0.15, 0.2) is 0 Å². The monoisotopic (exact) mass is 218 g/mol. The summed E-state index contributed by atoms with van der Waals surface area (Å²) in [6.07, 6.45) is 0.314. The van der Waals surface area contributed by atoms with Crippen LogP contribution in [0.1, 0.15) is 5.56 Å². The van der Waals surface area contributed by atoms with Crippen molar-refractivity contribution < 1.29 is 9.90 Å². The van der Waals surface area contributed by atoms with Crippen molar-refractivity contribution in [3.63, 3.8) is 0 Å². The second-order valence-corrected chi connectivity index (χ2v) is 3.60. The van der Waals surface area contributed by atoms with E-state index in [1.165, 1.54) is 0 Å². The Morgan fingerprint density at radius 3 is 2.38 bits per heavy atom. The first kappa shape index (κ1) is 10.4. The molecule has 2 nitrogen and oxygen atoms in total. The van der Waals surface area contributed by atoms with Crippen LogP contribution in [0, 0.1) is 0 Å². The second kappa shape index (κ2) is 4.49. The molecule has 0 bridgehead atoms. The lowest BCUT2D eigenvalue weighted by atomic mass is 10.1. The summed E-state index contributed by atoms with van der Waals surface area (Å²) in [5.41, 5.74) is 0.867. The third kappa shape index (κ3) is 3.25. The molecule has 1 N–H and O–H groups in total. The van der Waals surface area contributed by atoms with E-state index in [4.69, 9.17) is 28.3 Å². The molecule has 0 aromatic heterocycles. The van der Waals surface area contributed by atoms with E-state index >= 15 is 0 Å². The van der Waals surface area contributed by atoms with Gasteiger partial charge in [-0.05, 0) is 24.1 Å². The Hall–Kier alpha value is -0.730. The van der Waals surface area contributed by atoms with Gasteiger partial charge in [0.25, 0.3) is 0 Å². The van der Waals surface area contributed by atoms with Crippen molar-refractivity contribution in [2.45, 2.75) is 11.8 Å². The molecule has 70 valence electrons. The summed E-state index contributed by atoms with van der Waals surface area (Å²) in [6, 6.07) is 6.95. The smallest absolute Gasteiger partial charge is 0.321 e. The lowest BCUT2D eigenvalue weighted by Crippen LogP contribution is -2.15. The zero-order valence-corrected chi connectivity index (χ0v) is 8.22. The Kier molecular flexibility index (Phi) is 3.58. The quantitative estimate of drug-likeness (QED) is 0.793. The molecular weight excluding hydrogens is 211 g/mol. The highest BCUT2D eigenvalue weighted by Gasteiger charge is 2.13. The van der Waals surface area contributed by atoms with Crippen molar-refractivity contribution >= 4 is 29.2 Å². The predicted octanol–water partition coefficient (Wildman–Crippen LogP) is 2.57. The van der Waals surface area contributed by atoms with Gasteiger partial charge in [0.2, 0.25) is 0 Å². The number of hydrogen-bond donors (Lipinski definition) is 1. The van der Waals surface area contributed by atoms with Crippen LogP contribution in [0.5, 0.6) is 0 Å². The first-order chi connectivity index (χ1) is 6.09. The molecule has 0 aliphatic heterocycles. The maximum absolute atomic E-state index is 10.4. The molecule has 0 aliphatic carbocycles. The Bertz CT molecular complexity index is 295. The highest BCUT2D eigenvalue weighted by Crippen LogP contribution is 2.13. The molecule has 0 saturated heterocycles. The van der Waals surface area contributed by atoms with Gasteiger partial charge in [0.05, 0.1) is 0 Å². The van der Waals surface area contributed by atoms with Crippen LogP contribution in [0.2, 0.25) is 5.02 Å². The normalized spacial score (nSPS) is 12.5. The van der Waals surface area contributed by atoms with Crippen LogP contribution >= 0.6 is 23.2 Å². The highest BCUT2D eigenvalue weighted by atomic mass is 35.5. The van der Waals surface area contributed by atoms with Gasteiger partial charge in [-0.25, -0.2) is 0 Å². The Morgan fingerprint density at radius 1 is 1.38 bits per heavy atom. The van der Waals surface area contributed by atoms with E-state index in [0.717, 1.165) is 5.56 Å². The van der Waals surface area contributed by atoms with Crippen LogP contribution in [0.4, 0.5) is 0 Å². The number of carbonyl (C=O) groups is 1. The van der Waals surface area contributed by atoms with E-state index in [1.54, 1.807) is 24.3 Å². The molecule has 0 aliphatic rings. The maximum atomic E-state index is 10.4. The minimum Gasteiger partial charge on any atom is -0.480 e. The van der Waals surface area contributed by atoms with Crippen LogP contribution in [0.3, 0.4) is 0 Å². The largest absolute Gasteiger partial charge is 0.480 e. The van der Waals surface area contributed by atoms with E-state index in [1.807, 2.05) is 0 Å². The first-order valence-electron chi connectivity index (χ1n) is 3.71. The first-order valence-corrected chi connectivity index (χ1v) is 4.52. The summed E-state index contributed by atoms with van der Waals surface area (Å²) >= 11 is 11.2. The Labute approximate surface area is 86.1 Å². The summed E-state index contributed by atoms with van der Waals surface area (Å²) in [5, 5.41) is 8.30. The zero-order valence-electron chi connectivity index (χ0n) is 6.71. The summed E-state index contributed by atoms with van der Waals surface area (Å²) in [4.78, 5) is 10.4. The third-order valence-electron chi connectivity index (χ3n) is 1.60. The van der Waals surface area contributed by atoms with Crippen LogP contribution in [-0.4, -0.2) is 16.5 Å². The van der Waals surface area contributed by atoms with E-state index in [2.05, 4.69) is 0 Å². The van der Waals surface area contributed by atoms with E-state index in [-0.39, 0.29) is 0 Å². The molecule has 1 aromatic rings. The number of alkyl halides is 1. The lowest BCUT2D eigenvalue weighted by Gasteiger charge is -2.03. The van der Waals surface area contributed by atoms with Crippen LogP contribution in [0.25, 0.3) is 0 Å². The van der Waals surface area contributed by atoms with Crippen molar-refractivity contribution in [2.24, 2.45) is 0 Å². The molecule has 0 spiro atoms. The molecule has 13 heavy (non-hydrogen) atoms. The predicted molar refractivity (Wildman–Crippen MR) is 52.4 cm³/mol. The summed E-state index contributed by atoms with van der Waals surface area (Å²) in [7, 11) is 0. The average molecular weight is 219 g/mol. The van der Waals surface area contributed by atoms with E-state index < -0.39 is 11.3 Å². The number of rotatable bonds is 3. The molecule has 0 fully saturated rings. The van der Waals surface area contributed by atoms with Gasteiger partial charge in [-0.15, -0.1) is 11.6 Å². The molecule has 1 rings (SSSR count). The molecule has 0 radical (unpaired) electrons. The van der Waals surface area contributed by atoms with Crippen LogP contribution < -0.4 is 0 Å². The molecule has 0 saturated carbocycles. The van der Waals surface area contributed by atoms with Gasteiger partial charge in [0.1, 0.15) is 5.38 Å². The number of halogens is 2. The fourth-order valence-electron chi connectivity index (χ4n) is 0.915. The van der Waals surface area contributed by atoms with E-state index in [9.17, 15) is 4.79 Å². The number of benzene rings is 1. The van der Waals surface area contributed by atoms with Crippen molar-refractivity contribution in [3.8, 4) is 0 Å². The second-order valence-electron chi connectivity index (χ2n) is 2.64. The molecule has 1 unspecified atom stereocenters. The lowest BCUT2D eigenvalue weighted by molar-refractivity contribution is -0.136. The number of hydrogen-bond acceptors (Lipinski definition) is 1. The van der Waals surface area contributed by atoms with Crippen molar-refractivity contribution in [1.29, 1.82) is 0 Å². The van der Waals surface area contributed by atoms with Gasteiger partial charge in [-0.2, -0.15) is 0 Å². The van der Waals surface area contributed by atoms with Gasteiger partial charge < -0.3 is 5.11 Å². The molecule has 4 heteroatoms. The molecule has 1 aromatic carbocycles. The molecule has 1 atom stereocenters. The Morgan fingerprint density at radius 2 is 1.92 bits per heavy atom. The summed E-state index contributed by atoms with van der Waals surface area (Å²) < 4.78 is 0. The van der Waals surface area contributed by atoms with Gasteiger partial charge >= 0.3 is 5.97 Å². The topological polar surface area (TPSA) is 37.3 Å². The van der Waals surface area contributed by atoms with E-state index in [0.29, 0.717) is 11.4 Å². The Balaban J connectivity index is 2.64. The van der Waals surface area contributed by atoms with Crippen molar-refractivity contribution in [3.05, 3.63) is 34.9 Å². The van der Waals surface area contributed by atoms with Crippen LogP contribution in [0.15, 0.2) is 24.3 Å². The fourth-order valence-corrected chi connectivity index (χ4v) is 1.22. The van der Waals surface area contributed by atoms with Gasteiger partial charge in [-0.1, -0.05) is 23.7 Å². The number of carboxylic acid groups (broad SMARTS) is 1. The summed E-state index contributed by atoms with van der Waals surface area (Å²) in [6.45, 7) is 0. The molecule has 0 heterocycles. The highest BCUT2D eigenvalue weighted by molar-refractivity contribution is 6.30. The average Bonchev–Trinajstić information content (AvgIpc) is 2.08. The van der Waals surface area contributed by atoms with Crippen molar-refractivity contribution in [1.82, 2.24) is 0 Å². The zero-order chi connectivity index (χ0) is 9.84. The number of carboxylic acids is 1. The third-order valence-corrected chi connectivity index (χ3v) is 2.19. The summed E-state index contributed by atoms with van der Waals surface area (Å²) in [5.74, 6) is -1.00. The maximum Gasteiger partial charge on any atom is 0.321 e. The van der Waals surface area contributed by atoms with Gasteiger partial charge in [-0.3, -0.25) is 4.79 Å². The minimum absolute atomic E-state index is 0.314. The van der Waals surface area contributed by atoms with Crippen molar-refractivity contribution in [2.75, 3.05) is 0 Å². The standard InChI is InChI=1S/C9H8Cl2O2/c10-7-3-1-6(2-4-7)5-8(11)9(12)13/h1-4,8H,5H2,(H,12,13). The minimum atomic E-state index is -1.00. The molecule has 0 amide bonds. The number of aliphatic carboxylic acids is 1. The van der Waals surface area contributed by atoms with Gasteiger partial charge in [0, 0.05) is 5.02 Å². The molecular formula is C9H8Cl2O2. The fraction of sp³-hybridized carbons (Fsp3) is 0.222. The SMILES string of the molecule is O=C(O)C(Cl)Cc1ccc(Cl)cc1. The van der Waals surface area contributed by atoms with Crippen LogP contribution in [-0.2, 0) is 11.2 Å².